The fourth-order valence-electron chi connectivity index (χ4n) is 2.58. The lowest BCUT2D eigenvalue weighted by Crippen LogP contribution is -2.24. The Kier molecular flexibility index (Phi) is 6.19. The minimum absolute atomic E-state index is 0.00590. The van der Waals surface area contributed by atoms with E-state index in [2.05, 4.69) is 5.32 Å². The molecule has 0 radical (unpaired) electrons. The summed E-state index contributed by atoms with van der Waals surface area (Å²) in [6.45, 7) is 0.0121. The molecule has 0 saturated heterocycles. The predicted molar refractivity (Wildman–Crippen MR) is 103 cm³/mol. The Hall–Kier alpha value is -1.60. The number of carbonyl (C=O) groups excluding carboxylic acids is 1. The summed E-state index contributed by atoms with van der Waals surface area (Å²) in [4.78, 5) is 11.9. The maximum absolute atomic E-state index is 12.3. The van der Waals surface area contributed by atoms with Crippen molar-refractivity contribution in [3.63, 3.8) is 0 Å². The topological polar surface area (TPSA) is 75.6 Å². The van der Waals surface area contributed by atoms with E-state index in [1.807, 2.05) is 6.07 Å². The van der Waals surface area contributed by atoms with Gasteiger partial charge in [-0.05, 0) is 48.4 Å². The summed E-state index contributed by atoms with van der Waals surface area (Å²) in [6.07, 6.45) is 0.199. The van der Waals surface area contributed by atoms with Gasteiger partial charge in [-0.3, -0.25) is 9.00 Å². The Labute approximate surface area is 163 Å². The standard InChI is InChI=1S/C18H17Cl2NO4S/c19-15-4-3-14(8-16(15)20)26(24)10-12(22)9-25-13-2-5-17-11(7-13)1-6-18(23)21-17/h2-5,7-8,12,22H,1,6,9-10H2,(H,21,23). The number of rotatable bonds is 6. The van der Waals surface area contributed by atoms with Gasteiger partial charge in [0.1, 0.15) is 12.4 Å². The molecular weight excluding hydrogens is 397 g/mol. The number of aliphatic hydroxyl groups excluding tert-OH is 1. The lowest BCUT2D eigenvalue weighted by atomic mass is 10.0. The van der Waals surface area contributed by atoms with E-state index in [1.54, 1.807) is 24.3 Å². The van der Waals surface area contributed by atoms with E-state index in [1.165, 1.54) is 6.07 Å². The van der Waals surface area contributed by atoms with Crippen molar-refractivity contribution in [1.82, 2.24) is 0 Å². The highest BCUT2D eigenvalue weighted by atomic mass is 35.5. The second-order valence-corrected chi connectivity index (χ2v) is 8.23. The van der Waals surface area contributed by atoms with Gasteiger partial charge >= 0.3 is 0 Å². The molecule has 0 saturated carbocycles. The van der Waals surface area contributed by atoms with Crippen LogP contribution in [0.5, 0.6) is 5.75 Å². The summed E-state index contributed by atoms with van der Waals surface area (Å²) in [5.74, 6) is 0.629. The number of ether oxygens (including phenoxy) is 1. The van der Waals surface area contributed by atoms with Gasteiger partial charge < -0.3 is 15.2 Å². The van der Waals surface area contributed by atoms with Crippen LogP contribution < -0.4 is 10.1 Å². The number of nitrogens with one attached hydrogen (secondary N) is 1. The number of halogens is 2. The van der Waals surface area contributed by atoms with Crippen LogP contribution in [0.1, 0.15) is 12.0 Å². The molecule has 1 heterocycles. The Bertz CT molecular complexity index is 859. The minimum atomic E-state index is -1.42. The first kappa shape index (κ1) is 19.2. The van der Waals surface area contributed by atoms with Crippen molar-refractivity contribution >= 4 is 45.6 Å². The third-order valence-corrected chi connectivity index (χ3v) is 6.12. The molecule has 2 aromatic rings. The number of carbonyl (C=O) groups is 1. The molecule has 2 unspecified atom stereocenters. The van der Waals surface area contributed by atoms with Crippen LogP contribution in [-0.4, -0.2) is 33.7 Å². The maximum atomic E-state index is 12.3. The van der Waals surface area contributed by atoms with Gasteiger partial charge in [0.05, 0.1) is 32.7 Å². The zero-order chi connectivity index (χ0) is 18.7. The number of amides is 1. The summed E-state index contributed by atoms with van der Waals surface area (Å²) >= 11 is 11.8. The summed E-state index contributed by atoms with van der Waals surface area (Å²) in [5, 5.41) is 13.6. The van der Waals surface area contributed by atoms with Crippen molar-refractivity contribution in [2.24, 2.45) is 0 Å². The molecule has 2 N–H and O–H groups in total. The Morgan fingerprint density at radius 3 is 2.73 bits per heavy atom. The first-order valence-corrected chi connectivity index (χ1v) is 10.1. The van der Waals surface area contributed by atoms with Crippen LogP contribution >= 0.6 is 23.2 Å². The number of aryl methyl sites for hydroxylation is 1. The molecule has 0 bridgehead atoms. The molecule has 0 spiro atoms. The van der Waals surface area contributed by atoms with Gasteiger partial charge in [-0.1, -0.05) is 23.2 Å². The number of anilines is 1. The molecule has 8 heteroatoms. The summed E-state index contributed by atoms with van der Waals surface area (Å²) in [6, 6.07) is 10.1. The molecule has 0 aliphatic carbocycles. The zero-order valence-corrected chi connectivity index (χ0v) is 16.0. The smallest absolute Gasteiger partial charge is 0.224 e. The van der Waals surface area contributed by atoms with Crippen LogP contribution in [-0.2, 0) is 22.0 Å². The van der Waals surface area contributed by atoms with Crippen molar-refractivity contribution in [3.05, 3.63) is 52.0 Å². The Morgan fingerprint density at radius 1 is 1.15 bits per heavy atom. The second kappa shape index (κ2) is 8.39. The highest BCUT2D eigenvalue weighted by Gasteiger charge is 2.17. The van der Waals surface area contributed by atoms with Crippen LogP contribution in [0, 0.1) is 0 Å². The number of aliphatic hydroxyl groups is 1. The first-order chi connectivity index (χ1) is 12.4. The van der Waals surface area contributed by atoms with Crippen molar-refractivity contribution in [2.45, 2.75) is 23.8 Å². The van der Waals surface area contributed by atoms with E-state index < -0.39 is 16.9 Å². The highest BCUT2D eigenvalue weighted by molar-refractivity contribution is 7.85. The molecule has 2 atom stereocenters. The van der Waals surface area contributed by atoms with E-state index in [0.717, 1.165) is 11.3 Å². The highest BCUT2D eigenvalue weighted by Crippen LogP contribution is 2.27. The zero-order valence-electron chi connectivity index (χ0n) is 13.7. The van der Waals surface area contributed by atoms with Crippen molar-refractivity contribution in [3.8, 4) is 5.75 Å². The molecule has 138 valence electrons. The molecule has 0 aromatic heterocycles. The van der Waals surface area contributed by atoms with Crippen LogP contribution in [0.15, 0.2) is 41.3 Å². The average molecular weight is 414 g/mol. The van der Waals surface area contributed by atoms with Gasteiger partial charge in [0.2, 0.25) is 5.91 Å². The van der Waals surface area contributed by atoms with Crippen molar-refractivity contribution in [1.29, 1.82) is 0 Å². The molecule has 3 rings (SSSR count). The van der Waals surface area contributed by atoms with E-state index >= 15 is 0 Å². The molecule has 5 nitrogen and oxygen atoms in total. The summed E-state index contributed by atoms with van der Waals surface area (Å²) in [7, 11) is -1.42. The second-order valence-electron chi connectivity index (χ2n) is 5.92. The number of benzene rings is 2. The quantitative estimate of drug-likeness (QED) is 0.760. The summed E-state index contributed by atoms with van der Waals surface area (Å²) in [5.41, 5.74) is 1.78. The Balaban J connectivity index is 1.55. The van der Waals surface area contributed by atoms with Gasteiger partial charge in [0.25, 0.3) is 0 Å². The van der Waals surface area contributed by atoms with E-state index in [9.17, 15) is 14.1 Å². The van der Waals surface area contributed by atoms with Gasteiger partial charge in [0.15, 0.2) is 0 Å². The third kappa shape index (κ3) is 4.76. The monoisotopic (exact) mass is 413 g/mol. The van der Waals surface area contributed by atoms with Crippen LogP contribution in [0.4, 0.5) is 5.69 Å². The van der Waals surface area contributed by atoms with Crippen LogP contribution in [0.3, 0.4) is 0 Å². The molecule has 26 heavy (non-hydrogen) atoms. The third-order valence-electron chi connectivity index (χ3n) is 3.91. The van der Waals surface area contributed by atoms with Gasteiger partial charge in [0, 0.05) is 17.0 Å². The molecule has 0 fully saturated rings. The maximum Gasteiger partial charge on any atom is 0.224 e. The van der Waals surface area contributed by atoms with E-state index in [4.69, 9.17) is 27.9 Å². The van der Waals surface area contributed by atoms with Gasteiger partial charge in [-0.25, -0.2) is 0 Å². The lowest BCUT2D eigenvalue weighted by molar-refractivity contribution is -0.116. The fraction of sp³-hybridized carbons (Fsp3) is 0.278. The largest absolute Gasteiger partial charge is 0.491 e. The van der Waals surface area contributed by atoms with E-state index in [-0.39, 0.29) is 18.3 Å². The SMILES string of the molecule is O=C1CCc2cc(OCC(O)CS(=O)c3ccc(Cl)c(Cl)c3)ccc2N1. The van der Waals surface area contributed by atoms with E-state index in [0.29, 0.717) is 33.5 Å². The van der Waals surface area contributed by atoms with Crippen LogP contribution in [0.2, 0.25) is 10.0 Å². The average Bonchev–Trinajstić information content (AvgIpc) is 2.62. The minimum Gasteiger partial charge on any atom is -0.491 e. The number of hydrogen-bond acceptors (Lipinski definition) is 4. The van der Waals surface area contributed by atoms with Crippen LogP contribution in [0.25, 0.3) is 0 Å². The number of fused-ring (bicyclic) bond motifs is 1. The lowest BCUT2D eigenvalue weighted by Gasteiger charge is -2.18. The molecule has 1 aliphatic heterocycles. The predicted octanol–water partition coefficient (Wildman–Crippen LogP) is 3.43. The normalized spacial score (nSPS) is 15.7. The fourth-order valence-corrected chi connectivity index (χ4v) is 4.05. The van der Waals surface area contributed by atoms with Crippen molar-refractivity contribution in [2.75, 3.05) is 17.7 Å². The molecular formula is C18H17Cl2NO4S. The summed E-state index contributed by atoms with van der Waals surface area (Å²) < 4.78 is 17.9. The molecule has 1 aliphatic rings. The molecule has 1 amide bonds. The first-order valence-electron chi connectivity index (χ1n) is 7.99. The van der Waals surface area contributed by atoms with Gasteiger partial charge in [-0.2, -0.15) is 0 Å². The number of hydrogen-bond donors (Lipinski definition) is 2. The molecule has 2 aromatic carbocycles. The van der Waals surface area contributed by atoms with Crippen molar-refractivity contribution < 1.29 is 18.8 Å². The Morgan fingerprint density at radius 2 is 1.96 bits per heavy atom. The van der Waals surface area contributed by atoms with Gasteiger partial charge in [-0.15, -0.1) is 0 Å².